The number of halogens is 5. The van der Waals surface area contributed by atoms with E-state index in [1.165, 1.54) is 12.4 Å². The number of ether oxygens (including phenoxy) is 2. The average molecular weight is 445 g/mol. The Hall–Kier alpha value is -2.79. The monoisotopic (exact) mass is 445 g/mol. The number of nitrogens with one attached hydrogen (secondary N) is 1. The number of imidazole rings is 1. The standard InChI is InChI=1S/C20H20F5N3O3/c1-12(28-9-18(27-11-28)16-3-2-13(21)6-17(16)22)4-5-26-19(29)10-30-14-7-15(8-14)31-20(23,24)25/h2-3,6,9,11,14-15H,1,4-5,7-8,10H2,(H,26,29). The quantitative estimate of drug-likeness (QED) is 0.595. The lowest BCUT2D eigenvalue weighted by atomic mass is 9.92. The molecule has 1 heterocycles. The molecule has 0 unspecified atom stereocenters. The van der Waals surface area contributed by atoms with E-state index in [0.29, 0.717) is 17.8 Å². The minimum atomic E-state index is -4.67. The zero-order valence-electron chi connectivity index (χ0n) is 16.3. The largest absolute Gasteiger partial charge is 0.522 e. The lowest BCUT2D eigenvalue weighted by Gasteiger charge is -2.34. The van der Waals surface area contributed by atoms with Crippen LogP contribution in [0.15, 0.2) is 37.3 Å². The number of carbonyl (C=O) groups is 1. The van der Waals surface area contributed by atoms with Crippen molar-refractivity contribution < 1.29 is 36.2 Å². The number of nitrogens with zero attached hydrogens (tertiary/aromatic N) is 2. The first-order valence-corrected chi connectivity index (χ1v) is 9.41. The second-order valence-corrected chi connectivity index (χ2v) is 7.05. The van der Waals surface area contributed by atoms with Gasteiger partial charge in [0.1, 0.15) is 18.2 Å². The van der Waals surface area contributed by atoms with Crippen molar-refractivity contribution >= 4 is 11.6 Å². The van der Waals surface area contributed by atoms with Crippen molar-refractivity contribution in [3.05, 3.63) is 48.9 Å². The van der Waals surface area contributed by atoms with E-state index in [9.17, 15) is 26.7 Å². The van der Waals surface area contributed by atoms with Gasteiger partial charge in [-0.2, -0.15) is 0 Å². The Bertz CT molecular complexity index is 938. The Morgan fingerprint density at radius 2 is 2.00 bits per heavy atom. The van der Waals surface area contributed by atoms with Crippen molar-refractivity contribution in [2.24, 2.45) is 0 Å². The second-order valence-electron chi connectivity index (χ2n) is 7.05. The third kappa shape index (κ3) is 6.59. The van der Waals surface area contributed by atoms with Gasteiger partial charge in [-0.05, 0) is 12.1 Å². The van der Waals surface area contributed by atoms with Crippen LogP contribution in [-0.4, -0.2) is 47.2 Å². The third-order valence-electron chi connectivity index (χ3n) is 4.69. The first-order valence-electron chi connectivity index (χ1n) is 9.41. The van der Waals surface area contributed by atoms with Gasteiger partial charge in [-0.1, -0.05) is 6.58 Å². The van der Waals surface area contributed by atoms with Crippen molar-refractivity contribution in [1.82, 2.24) is 14.9 Å². The maximum Gasteiger partial charge on any atom is 0.522 e. The summed E-state index contributed by atoms with van der Waals surface area (Å²) in [6, 6.07) is 3.20. The van der Waals surface area contributed by atoms with E-state index < -0.39 is 36.1 Å². The van der Waals surface area contributed by atoms with Gasteiger partial charge >= 0.3 is 6.36 Å². The Morgan fingerprint density at radius 3 is 2.68 bits per heavy atom. The molecule has 1 amide bonds. The lowest BCUT2D eigenvalue weighted by molar-refractivity contribution is -0.357. The van der Waals surface area contributed by atoms with Crippen LogP contribution < -0.4 is 5.32 Å². The number of alkyl halides is 3. The lowest BCUT2D eigenvalue weighted by Crippen LogP contribution is -2.42. The smallest absolute Gasteiger partial charge is 0.368 e. The number of carbonyl (C=O) groups excluding carboxylic acids is 1. The van der Waals surface area contributed by atoms with Gasteiger partial charge in [0.25, 0.3) is 0 Å². The number of benzene rings is 1. The summed E-state index contributed by atoms with van der Waals surface area (Å²) in [5, 5.41) is 2.62. The molecule has 1 saturated carbocycles. The SMILES string of the molecule is C=C(CCNC(=O)COC1CC(OC(F)(F)F)C1)n1cnc(-c2ccc(F)cc2F)c1. The van der Waals surface area contributed by atoms with Crippen molar-refractivity contribution in [3.63, 3.8) is 0 Å². The highest BCUT2D eigenvalue weighted by atomic mass is 19.4. The molecule has 2 aromatic rings. The van der Waals surface area contributed by atoms with Gasteiger partial charge < -0.3 is 14.6 Å². The number of aromatic nitrogens is 2. The van der Waals surface area contributed by atoms with Gasteiger partial charge in [0.05, 0.1) is 24.2 Å². The zero-order chi connectivity index (χ0) is 22.6. The van der Waals surface area contributed by atoms with Crippen LogP contribution in [0.2, 0.25) is 0 Å². The number of amides is 1. The minimum Gasteiger partial charge on any atom is -0.368 e. The van der Waals surface area contributed by atoms with Crippen LogP contribution in [0.4, 0.5) is 22.0 Å². The van der Waals surface area contributed by atoms with Gasteiger partial charge in [0.2, 0.25) is 5.91 Å². The fraction of sp³-hybridized carbons (Fsp3) is 0.400. The summed E-state index contributed by atoms with van der Waals surface area (Å²) in [4.78, 5) is 15.9. The van der Waals surface area contributed by atoms with Crippen molar-refractivity contribution in [2.75, 3.05) is 13.2 Å². The van der Waals surface area contributed by atoms with Gasteiger partial charge in [-0.3, -0.25) is 9.53 Å². The minimum absolute atomic E-state index is 0.0845. The molecule has 1 aromatic carbocycles. The molecule has 31 heavy (non-hydrogen) atoms. The second kappa shape index (κ2) is 9.56. The van der Waals surface area contributed by atoms with Crippen LogP contribution in [0.5, 0.6) is 0 Å². The van der Waals surface area contributed by atoms with E-state index in [0.717, 1.165) is 12.1 Å². The third-order valence-corrected chi connectivity index (χ3v) is 4.69. The van der Waals surface area contributed by atoms with Crippen molar-refractivity contribution in [2.45, 2.75) is 37.8 Å². The first kappa shape index (κ1) is 22.9. The van der Waals surface area contributed by atoms with Gasteiger partial charge in [-0.25, -0.2) is 13.8 Å². The van der Waals surface area contributed by atoms with E-state index in [2.05, 4.69) is 21.6 Å². The van der Waals surface area contributed by atoms with E-state index in [1.54, 1.807) is 10.8 Å². The Morgan fingerprint density at radius 1 is 1.26 bits per heavy atom. The molecule has 1 N–H and O–H groups in total. The molecule has 0 radical (unpaired) electrons. The van der Waals surface area contributed by atoms with E-state index >= 15 is 0 Å². The average Bonchev–Trinajstić information content (AvgIpc) is 3.12. The van der Waals surface area contributed by atoms with Crippen LogP contribution in [0.1, 0.15) is 19.3 Å². The molecule has 0 bridgehead atoms. The fourth-order valence-corrected chi connectivity index (χ4v) is 2.99. The summed E-state index contributed by atoms with van der Waals surface area (Å²) in [7, 11) is 0. The van der Waals surface area contributed by atoms with Crippen LogP contribution in [0.25, 0.3) is 17.0 Å². The van der Waals surface area contributed by atoms with Gasteiger partial charge in [-0.15, -0.1) is 13.2 Å². The maximum absolute atomic E-state index is 13.9. The van der Waals surface area contributed by atoms with E-state index in [4.69, 9.17) is 4.74 Å². The van der Waals surface area contributed by atoms with Gasteiger partial charge in [0.15, 0.2) is 0 Å². The summed E-state index contributed by atoms with van der Waals surface area (Å²) in [6.07, 6.45) is -2.54. The summed E-state index contributed by atoms with van der Waals surface area (Å²) in [5.74, 6) is -1.82. The van der Waals surface area contributed by atoms with E-state index in [1.807, 2.05) is 0 Å². The van der Waals surface area contributed by atoms with Crippen LogP contribution in [0.3, 0.4) is 0 Å². The van der Waals surface area contributed by atoms with Crippen molar-refractivity contribution in [3.8, 4) is 11.3 Å². The molecule has 0 atom stereocenters. The van der Waals surface area contributed by atoms with Crippen molar-refractivity contribution in [1.29, 1.82) is 0 Å². The first-order chi connectivity index (χ1) is 14.6. The molecule has 1 fully saturated rings. The highest BCUT2D eigenvalue weighted by Crippen LogP contribution is 2.32. The summed E-state index contributed by atoms with van der Waals surface area (Å²) in [6.45, 7) is 3.85. The summed E-state index contributed by atoms with van der Waals surface area (Å²) < 4.78 is 73.7. The summed E-state index contributed by atoms with van der Waals surface area (Å²) >= 11 is 0. The molecule has 168 valence electrons. The Balaban J connectivity index is 1.36. The Labute approximate surface area is 174 Å². The molecule has 1 aromatic heterocycles. The molecular weight excluding hydrogens is 425 g/mol. The predicted molar refractivity (Wildman–Crippen MR) is 100 cm³/mol. The highest BCUT2D eigenvalue weighted by molar-refractivity contribution is 5.77. The molecule has 0 aliphatic heterocycles. The predicted octanol–water partition coefficient (Wildman–Crippen LogP) is 3.89. The molecule has 0 spiro atoms. The van der Waals surface area contributed by atoms with E-state index in [-0.39, 0.29) is 31.6 Å². The molecule has 1 aliphatic carbocycles. The maximum atomic E-state index is 13.9. The Kier molecular flexibility index (Phi) is 7.06. The molecule has 0 saturated heterocycles. The van der Waals surface area contributed by atoms with Crippen LogP contribution in [-0.2, 0) is 14.3 Å². The molecule has 3 rings (SSSR count). The highest BCUT2D eigenvalue weighted by Gasteiger charge is 2.40. The van der Waals surface area contributed by atoms with Crippen LogP contribution >= 0.6 is 0 Å². The topological polar surface area (TPSA) is 65.4 Å². The molecule has 1 aliphatic rings. The molecule has 6 nitrogen and oxygen atoms in total. The number of rotatable bonds is 9. The normalized spacial score (nSPS) is 18.5. The summed E-state index contributed by atoms with van der Waals surface area (Å²) in [5.41, 5.74) is 1.04. The van der Waals surface area contributed by atoms with Crippen LogP contribution in [0, 0.1) is 11.6 Å². The zero-order valence-corrected chi connectivity index (χ0v) is 16.3. The molecule has 11 heteroatoms. The fourth-order valence-electron chi connectivity index (χ4n) is 2.99. The number of hydrogen-bond acceptors (Lipinski definition) is 4. The molecular formula is C20H20F5N3O3. The number of hydrogen-bond donors (Lipinski definition) is 1. The van der Waals surface area contributed by atoms with Gasteiger partial charge in [0, 0.05) is 49.3 Å².